The predicted octanol–water partition coefficient (Wildman–Crippen LogP) is 4.23. The van der Waals surface area contributed by atoms with Gasteiger partial charge in [0, 0.05) is 5.54 Å². The molecule has 4 bridgehead atoms. The van der Waals surface area contributed by atoms with Gasteiger partial charge < -0.3 is 5.32 Å². The van der Waals surface area contributed by atoms with Gasteiger partial charge in [0.2, 0.25) is 0 Å². The molecule has 0 radical (unpaired) electrons. The molecule has 4 aliphatic rings. The molecular weight excluding hydrogens is 218 g/mol. The molecule has 0 aromatic rings. The zero-order valence-corrected chi connectivity index (χ0v) is 12.8. The molecule has 0 aromatic heterocycles. The minimum absolute atomic E-state index is 0.343. The lowest BCUT2D eigenvalue weighted by Crippen LogP contribution is -2.59. The van der Waals surface area contributed by atoms with E-state index >= 15 is 0 Å². The third-order valence-electron chi connectivity index (χ3n) is 6.66. The van der Waals surface area contributed by atoms with Crippen LogP contribution in [0.15, 0.2) is 0 Å². The van der Waals surface area contributed by atoms with E-state index in [1.165, 1.54) is 25.7 Å². The van der Waals surface area contributed by atoms with E-state index in [0.717, 1.165) is 29.1 Å². The van der Waals surface area contributed by atoms with Crippen molar-refractivity contribution in [3.63, 3.8) is 0 Å². The van der Waals surface area contributed by atoms with Gasteiger partial charge >= 0.3 is 0 Å². The summed E-state index contributed by atoms with van der Waals surface area (Å²) in [6.07, 6.45) is 10.6. The highest BCUT2D eigenvalue weighted by Gasteiger charge is 2.57. The Morgan fingerprint density at radius 2 is 1.72 bits per heavy atom. The van der Waals surface area contributed by atoms with Crippen molar-refractivity contribution in [2.24, 2.45) is 29.1 Å². The molecule has 4 rings (SSSR count). The van der Waals surface area contributed by atoms with Crippen LogP contribution in [0.5, 0.6) is 0 Å². The molecule has 0 aliphatic heterocycles. The molecule has 2 atom stereocenters. The van der Waals surface area contributed by atoms with Crippen molar-refractivity contribution < 1.29 is 0 Å². The maximum Gasteiger partial charge on any atom is 0.0155 e. The average Bonchev–Trinajstić information content (AvgIpc) is 2.26. The summed E-state index contributed by atoms with van der Waals surface area (Å²) >= 11 is 0. The Morgan fingerprint density at radius 1 is 1.11 bits per heavy atom. The zero-order valence-electron chi connectivity index (χ0n) is 12.8. The lowest BCUT2D eigenvalue weighted by Gasteiger charge is -2.63. The van der Waals surface area contributed by atoms with Gasteiger partial charge in [0.15, 0.2) is 0 Å². The first-order chi connectivity index (χ1) is 8.50. The van der Waals surface area contributed by atoms with Crippen molar-refractivity contribution in [1.82, 2.24) is 5.32 Å². The van der Waals surface area contributed by atoms with Gasteiger partial charge in [-0.25, -0.2) is 0 Å². The van der Waals surface area contributed by atoms with Gasteiger partial charge in [-0.2, -0.15) is 0 Å². The van der Waals surface area contributed by atoms with Gasteiger partial charge in [-0.05, 0) is 88.5 Å². The summed E-state index contributed by atoms with van der Waals surface area (Å²) in [6.45, 7) is 7.26. The molecular formula is C17H31N. The fraction of sp³-hybridized carbons (Fsp3) is 1.00. The normalized spacial score (nSPS) is 46.7. The summed E-state index contributed by atoms with van der Waals surface area (Å²) < 4.78 is 0. The van der Waals surface area contributed by atoms with Gasteiger partial charge in [0.25, 0.3) is 0 Å². The molecule has 0 saturated heterocycles. The van der Waals surface area contributed by atoms with Crippen LogP contribution in [0.2, 0.25) is 0 Å². The maximum absolute atomic E-state index is 3.61. The second kappa shape index (κ2) is 4.23. The van der Waals surface area contributed by atoms with Crippen LogP contribution in [-0.2, 0) is 0 Å². The Kier molecular flexibility index (Phi) is 3.05. The van der Waals surface area contributed by atoms with Crippen molar-refractivity contribution in [3.05, 3.63) is 0 Å². The average molecular weight is 249 g/mol. The summed E-state index contributed by atoms with van der Waals surface area (Å²) in [7, 11) is 2.16. The number of hydrogen-bond acceptors (Lipinski definition) is 1. The summed E-state index contributed by atoms with van der Waals surface area (Å²) in [5.74, 6) is 4.05. The monoisotopic (exact) mass is 249 g/mol. The highest BCUT2D eigenvalue weighted by molar-refractivity contribution is 5.09. The second-order valence-electron chi connectivity index (χ2n) is 8.22. The fourth-order valence-electron chi connectivity index (χ4n) is 6.37. The molecule has 0 amide bonds. The third-order valence-corrected chi connectivity index (χ3v) is 6.66. The summed E-state index contributed by atoms with van der Waals surface area (Å²) in [4.78, 5) is 0. The van der Waals surface area contributed by atoms with Crippen LogP contribution in [-0.4, -0.2) is 12.6 Å². The smallest absolute Gasteiger partial charge is 0.0155 e. The lowest BCUT2D eigenvalue weighted by atomic mass is 9.43. The molecule has 4 saturated carbocycles. The molecule has 18 heavy (non-hydrogen) atoms. The largest absolute Gasteiger partial charge is 0.315 e. The Labute approximate surface area is 113 Å². The van der Waals surface area contributed by atoms with Crippen LogP contribution in [0.3, 0.4) is 0 Å². The third kappa shape index (κ3) is 1.85. The molecule has 4 fully saturated rings. The Bertz CT molecular complexity index is 304. The predicted molar refractivity (Wildman–Crippen MR) is 77.5 cm³/mol. The van der Waals surface area contributed by atoms with E-state index in [1.54, 1.807) is 19.3 Å². The first kappa shape index (κ1) is 13.0. The number of rotatable bonds is 4. The second-order valence-corrected chi connectivity index (χ2v) is 8.22. The standard InChI is InChI=1S/C17H31N/c1-5-6-17-9-12-7-13(10-17)15(14(8-12)11-17)16(2,3)18-4/h12-15,18H,5-11H2,1-4H3. The van der Waals surface area contributed by atoms with E-state index in [9.17, 15) is 0 Å². The van der Waals surface area contributed by atoms with E-state index in [-0.39, 0.29) is 0 Å². The quantitative estimate of drug-likeness (QED) is 0.786. The molecule has 1 heteroatoms. The maximum atomic E-state index is 3.61. The lowest BCUT2D eigenvalue weighted by molar-refractivity contribution is -0.121. The van der Waals surface area contributed by atoms with E-state index < -0.39 is 0 Å². The van der Waals surface area contributed by atoms with Crippen LogP contribution >= 0.6 is 0 Å². The summed E-state index contributed by atoms with van der Waals surface area (Å²) in [5.41, 5.74) is 1.11. The van der Waals surface area contributed by atoms with E-state index in [2.05, 4.69) is 33.1 Å². The molecule has 1 N–H and O–H groups in total. The zero-order chi connectivity index (χ0) is 13.0. The van der Waals surface area contributed by atoms with Crippen molar-refractivity contribution >= 4 is 0 Å². The van der Waals surface area contributed by atoms with Gasteiger partial charge in [0.05, 0.1) is 0 Å². The van der Waals surface area contributed by atoms with Crippen molar-refractivity contribution in [2.75, 3.05) is 7.05 Å². The molecule has 2 unspecified atom stereocenters. The fourth-order valence-corrected chi connectivity index (χ4v) is 6.37. The Balaban J connectivity index is 1.85. The van der Waals surface area contributed by atoms with Gasteiger partial charge in [-0.15, -0.1) is 0 Å². The summed E-state index contributed by atoms with van der Waals surface area (Å²) in [5, 5.41) is 3.61. The van der Waals surface area contributed by atoms with Crippen LogP contribution in [0.25, 0.3) is 0 Å². The van der Waals surface area contributed by atoms with Crippen LogP contribution in [0.1, 0.15) is 65.7 Å². The first-order valence-corrected chi connectivity index (χ1v) is 8.18. The molecule has 0 aromatic carbocycles. The highest BCUT2D eigenvalue weighted by atomic mass is 14.9. The Hall–Kier alpha value is -0.0400. The van der Waals surface area contributed by atoms with Crippen LogP contribution < -0.4 is 5.32 Å². The van der Waals surface area contributed by atoms with Crippen molar-refractivity contribution in [2.45, 2.75) is 71.3 Å². The summed E-state index contributed by atoms with van der Waals surface area (Å²) in [6, 6.07) is 0. The van der Waals surface area contributed by atoms with Gasteiger partial charge in [0.1, 0.15) is 0 Å². The van der Waals surface area contributed by atoms with Gasteiger partial charge in [-0.1, -0.05) is 13.3 Å². The topological polar surface area (TPSA) is 12.0 Å². The van der Waals surface area contributed by atoms with Gasteiger partial charge in [-0.3, -0.25) is 0 Å². The van der Waals surface area contributed by atoms with Crippen molar-refractivity contribution in [3.8, 4) is 0 Å². The molecule has 4 aliphatic carbocycles. The van der Waals surface area contributed by atoms with Crippen molar-refractivity contribution in [1.29, 1.82) is 0 Å². The SMILES string of the molecule is CCCC12CC3CC(C1)C(C(C)(C)NC)C(C3)C2. The molecule has 0 spiro atoms. The van der Waals surface area contributed by atoms with E-state index in [0.29, 0.717) is 5.54 Å². The number of nitrogens with one attached hydrogen (secondary N) is 1. The minimum Gasteiger partial charge on any atom is -0.315 e. The first-order valence-electron chi connectivity index (χ1n) is 8.18. The highest BCUT2D eigenvalue weighted by Crippen LogP contribution is 2.65. The van der Waals surface area contributed by atoms with Crippen LogP contribution in [0, 0.1) is 29.1 Å². The van der Waals surface area contributed by atoms with Crippen LogP contribution in [0.4, 0.5) is 0 Å². The molecule has 1 nitrogen and oxygen atoms in total. The minimum atomic E-state index is 0.343. The van der Waals surface area contributed by atoms with E-state index in [4.69, 9.17) is 0 Å². The van der Waals surface area contributed by atoms with E-state index in [1.807, 2.05) is 0 Å². The number of hydrogen-bond donors (Lipinski definition) is 1. The molecule has 0 heterocycles. The molecule has 104 valence electrons. The Morgan fingerprint density at radius 3 is 2.22 bits per heavy atom.